The molecule has 1 amide bonds. The Balaban J connectivity index is 1.46. The number of nitrogens with one attached hydrogen (secondary N) is 2. The molecule has 2 N–H and O–H groups in total. The fraction of sp³-hybridized carbons (Fsp3) is 0.333. The SMILES string of the molecule is C[C@H](Cc1cccc(C(=O)OCc2ccccc2)c1)NC[C@@H](O[Si](C)(C)C(C)(C)C)c1ccc(OCc2ccccc2)c(NC=O)c1. The normalized spacial score (nSPS) is 13.0. The van der Waals surface area contributed by atoms with Gasteiger partial charge in [-0.15, -0.1) is 0 Å². The van der Waals surface area contributed by atoms with Crippen molar-refractivity contribution in [2.24, 2.45) is 0 Å². The van der Waals surface area contributed by atoms with Crippen molar-refractivity contribution in [3.63, 3.8) is 0 Å². The number of carbonyl (C=O) groups excluding carboxylic acids is 2. The van der Waals surface area contributed by atoms with Crippen LogP contribution >= 0.6 is 0 Å². The predicted molar refractivity (Wildman–Crippen MR) is 191 cm³/mol. The summed E-state index contributed by atoms with van der Waals surface area (Å²) in [5.41, 5.74) is 5.12. The third-order valence-corrected chi connectivity index (χ3v) is 13.1. The van der Waals surface area contributed by atoms with Crippen LogP contribution in [0.25, 0.3) is 0 Å². The lowest BCUT2D eigenvalue weighted by Gasteiger charge is -2.40. The summed E-state index contributed by atoms with van der Waals surface area (Å²) in [6.45, 7) is 14.5. The van der Waals surface area contributed by atoms with Gasteiger partial charge >= 0.3 is 5.97 Å². The van der Waals surface area contributed by atoms with E-state index in [0.717, 1.165) is 28.7 Å². The van der Waals surface area contributed by atoms with Crippen molar-refractivity contribution < 1.29 is 23.5 Å². The number of ether oxygens (including phenoxy) is 2. The third-order valence-electron chi connectivity index (χ3n) is 8.64. The van der Waals surface area contributed by atoms with E-state index in [2.05, 4.69) is 51.4 Å². The molecule has 0 aliphatic rings. The second-order valence-electron chi connectivity index (χ2n) is 13.4. The van der Waals surface area contributed by atoms with E-state index in [9.17, 15) is 9.59 Å². The second kappa shape index (κ2) is 16.5. The number of rotatable bonds is 16. The number of esters is 1. The summed E-state index contributed by atoms with van der Waals surface area (Å²) in [5, 5.41) is 6.50. The first-order chi connectivity index (χ1) is 22.4. The number of hydrogen-bond donors (Lipinski definition) is 2. The lowest BCUT2D eigenvalue weighted by Crippen LogP contribution is -2.44. The van der Waals surface area contributed by atoms with Crippen molar-refractivity contribution in [3.8, 4) is 5.75 Å². The first-order valence-corrected chi connectivity index (χ1v) is 19.1. The molecule has 0 aliphatic heterocycles. The predicted octanol–water partition coefficient (Wildman–Crippen LogP) is 8.47. The highest BCUT2D eigenvalue weighted by atomic mass is 28.4. The Hall–Kier alpha value is -4.24. The largest absolute Gasteiger partial charge is 0.487 e. The Kier molecular flexibility index (Phi) is 12.5. The fourth-order valence-corrected chi connectivity index (χ4v) is 6.20. The summed E-state index contributed by atoms with van der Waals surface area (Å²) in [6.07, 6.45) is 1.13. The van der Waals surface area contributed by atoms with Crippen LogP contribution in [0, 0.1) is 0 Å². The van der Waals surface area contributed by atoms with Crippen molar-refractivity contribution >= 4 is 26.4 Å². The van der Waals surface area contributed by atoms with Crippen LogP contribution < -0.4 is 15.4 Å². The number of anilines is 1. The molecule has 0 saturated heterocycles. The van der Waals surface area contributed by atoms with Crippen LogP contribution in [0.3, 0.4) is 0 Å². The van der Waals surface area contributed by atoms with Crippen molar-refractivity contribution in [2.75, 3.05) is 11.9 Å². The van der Waals surface area contributed by atoms with Gasteiger partial charge in [-0.05, 0) is 78.0 Å². The molecule has 248 valence electrons. The summed E-state index contributed by atoms with van der Waals surface area (Å²) in [4.78, 5) is 24.3. The van der Waals surface area contributed by atoms with Gasteiger partial charge in [-0.2, -0.15) is 0 Å². The van der Waals surface area contributed by atoms with Crippen LogP contribution in [0.4, 0.5) is 5.69 Å². The lowest BCUT2D eigenvalue weighted by molar-refractivity contribution is -0.105. The van der Waals surface area contributed by atoms with Gasteiger partial charge in [-0.3, -0.25) is 4.79 Å². The average Bonchev–Trinajstić information content (AvgIpc) is 3.05. The zero-order valence-electron chi connectivity index (χ0n) is 28.4. The summed E-state index contributed by atoms with van der Waals surface area (Å²) in [6, 6.07) is 33.2. The summed E-state index contributed by atoms with van der Waals surface area (Å²) >= 11 is 0. The smallest absolute Gasteiger partial charge is 0.338 e. The molecule has 4 aromatic carbocycles. The summed E-state index contributed by atoms with van der Waals surface area (Å²) in [5.74, 6) is 0.259. The maximum atomic E-state index is 12.8. The van der Waals surface area contributed by atoms with Gasteiger partial charge in [-0.25, -0.2) is 4.79 Å². The fourth-order valence-electron chi connectivity index (χ4n) is 4.91. The zero-order valence-corrected chi connectivity index (χ0v) is 29.4. The van der Waals surface area contributed by atoms with Gasteiger partial charge in [0.15, 0.2) is 8.32 Å². The molecule has 0 unspecified atom stereocenters. The molecule has 0 bridgehead atoms. The van der Waals surface area contributed by atoms with Crippen molar-refractivity contribution in [1.82, 2.24) is 5.32 Å². The van der Waals surface area contributed by atoms with E-state index < -0.39 is 8.32 Å². The lowest BCUT2D eigenvalue weighted by atomic mass is 10.0. The number of carbonyl (C=O) groups is 2. The molecule has 0 saturated carbocycles. The highest BCUT2D eigenvalue weighted by Crippen LogP contribution is 2.40. The van der Waals surface area contributed by atoms with Crippen molar-refractivity contribution in [3.05, 3.63) is 131 Å². The molecular weight excluding hydrogens is 605 g/mol. The molecule has 0 heterocycles. The topological polar surface area (TPSA) is 85.9 Å². The standard InChI is InChI=1S/C39H48N2O5Si/c1-29(22-32-18-13-19-34(23-32)38(43)45-27-31-16-11-8-12-17-31)40-25-37(46-47(5,6)39(2,3)4)33-20-21-36(35(24-33)41-28-42)44-26-30-14-9-7-10-15-30/h7-21,23-24,28-29,37,40H,22,25-27H2,1-6H3,(H,41,42)/t29-,37-/m1/s1. The third kappa shape index (κ3) is 10.6. The van der Waals surface area contributed by atoms with Gasteiger partial charge in [0.2, 0.25) is 6.41 Å². The number of benzene rings is 4. The number of amides is 1. The van der Waals surface area contributed by atoms with E-state index in [1.54, 1.807) is 6.07 Å². The van der Waals surface area contributed by atoms with E-state index >= 15 is 0 Å². The van der Waals surface area contributed by atoms with Gasteiger partial charge in [0, 0.05) is 12.6 Å². The average molecular weight is 653 g/mol. The molecule has 0 spiro atoms. The molecule has 4 rings (SSSR count). The summed E-state index contributed by atoms with van der Waals surface area (Å²) in [7, 11) is -2.17. The molecule has 8 heteroatoms. The maximum Gasteiger partial charge on any atom is 0.338 e. The van der Waals surface area contributed by atoms with Gasteiger partial charge < -0.3 is 24.5 Å². The maximum absolute atomic E-state index is 12.8. The molecular formula is C39H48N2O5Si. The Bertz CT molecular complexity index is 1590. The highest BCUT2D eigenvalue weighted by Gasteiger charge is 2.39. The van der Waals surface area contributed by atoms with Crippen LogP contribution in [-0.2, 0) is 33.6 Å². The Morgan fingerprint density at radius 2 is 1.47 bits per heavy atom. The van der Waals surface area contributed by atoms with E-state index in [1.807, 2.05) is 97.1 Å². The van der Waals surface area contributed by atoms with Crippen molar-refractivity contribution in [2.45, 2.75) is 77.6 Å². The molecule has 47 heavy (non-hydrogen) atoms. The van der Waals surface area contributed by atoms with Crippen LogP contribution in [0.15, 0.2) is 103 Å². The molecule has 0 aromatic heterocycles. The highest BCUT2D eigenvalue weighted by molar-refractivity contribution is 6.74. The van der Waals surface area contributed by atoms with E-state index in [-0.39, 0.29) is 29.8 Å². The Labute approximate surface area is 280 Å². The van der Waals surface area contributed by atoms with Crippen molar-refractivity contribution in [1.29, 1.82) is 0 Å². The van der Waals surface area contributed by atoms with Gasteiger partial charge in [0.25, 0.3) is 0 Å². The quantitative estimate of drug-likeness (QED) is 0.0718. The zero-order chi connectivity index (χ0) is 33.9. The minimum Gasteiger partial charge on any atom is -0.487 e. The molecule has 7 nitrogen and oxygen atoms in total. The monoisotopic (exact) mass is 652 g/mol. The molecule has 2 atom stereocenters. The minimum absolute atomic E-state index is 0.00897. The van der Waals surface area contributed by atoms with Gasteiger partial charge in [0.05, 0.1) is 17.4 Å². The van der Waals surface area contributed by atoms with Crippen LogP contribution in [0.2, 0.25) is 18.1 Å². The molecule has 0 fully saturated rings. The van der Waals surface area contributed by atoms with Crippen LogP contribution in [0.5, 0.6) is 5.75 Å². The van der Waals surface area contributed by atoms with Gasteiger partial charge in [0.1, 0.15) is 19.0 Å². The minimum atomic E-state index is -2.17. The van der Waals surface area contributed by atoms with Crippen LogP contribution in [0.1, 0.15) is 66.4 Å². The molecule has 0 aliphatic carbocycles. The van der Waals surface area contributed by atoms with Crippen LogP contribution in [-0.4, -0.2) is 33.3 Å². The Morgan fingerprint density at radius 3 is 2.11 bits per heavy atom. The molecule has 0 radical (unpaired) electrons. The van der Waals surface area contributed by atoms with E-state index in [0.29, 0.717) is 36.6 Å². The second-order valence-corrected chi connectivity index (χ2v) is 18.2. The molecule has 4 aromatic rings. The number of hydrogen-bond acceptors (Lipinski definition) is 6. The summed E-state index contributed by atoms with van der Waals surface area (Å²) < 4.78 is 18.6. The first kappa shape index (κ1) is 35.6. The Morgan fingerprint density at radius 1 is 0.830 bits per heavy atom. The van der Waals surface area contributed by atoms with E-state index in [4.69, 9.17) is 13.9 Å². The van der Waals surface area contributed by atoms with Gasteiger partial charge in [-0.1, -0.05) is 99.6 Å². The van der Waals surface area contributed by atoms with E-state index in [1.165, 1.54) is 0 Å². The first-order valence-electron chi connectivity index (χ1n) is 16.2.